The van der Waals surface area contributed by atoms with E-state index in [2.05, 4.69) is 115 Å². The van der Waals surface area contributed by atoms with Gasteiger partial charge in [-0.05, 0) is 53.1 Å². The minimum absolute atomic E-state index is 0.168. The fourth-order valence-electron chi connectivity index (χ4n) is 8.65. The smallest absolute Gasteiger partial charge is 0.164 e. The van der Waals surface area contributed by atoms with Crippen molar-refractivity contribution >= 4 is 53.3 Å². The van der Waals surface area contributed by atoms with Gasteiger partial charge in [0, 0.05) is 64.3 Å². The second-order valence-electron chi connectivity index (χ2n) is 14.4. The first-order valence-electron chi connectivity index (χ1n) is 18.0. The van der Waals surface area contributed by atoms with Gasteiger partial charge in [-0.1, -0.05) is 135 Å². The molecule has 0 spiro atoms. The number of nitrogens with zero attached hydrogens (tertiary/aromatic N) is 4. The highest BCUT2D eigenvalue weighted by Gasteiger charge is 2.40. The molecule has 0 saturated heterocycles. The normalized spacial score (nSPS) is 13.2. The van der Waals surface area contributed by atoms with Crippen molar-refractivity contribution in [3.8, 4) is 51.0 Å². The van der Waals surface area contributed by atoms with Gasteiger partial charge in [-0.15, -0.1) is 11.3 Å². The van der Waals surface area contributed by atoms with E-state index >= 15 is 0 Å². The molecule has 11 rings (SSSR count). The molecule has 0 amide bonds. The summed E-state index contributed by atoms with van der Waals surface area (Å²) in [6, 6.07) is 55.9. The number of benzene rings is 7. The van der Waals surface area contributed by atoms with Crippen molar-refractivity contribution in [1.29, 1.82) is 0 Å². The van der Waals surface area contributed by atoms with Crippen molar-refractivity contribution in [2.75, 3.05) is 0 Å². The molecule has 4 nitrogen and oxygen atoms in total. The number of thiophene rings is 1. The molecule has 0 bridgehead atoms. The summed E-state index contributed by atoms with van der Waals surface area (Å²) in [5, 5.41) is 5.24. The van der Waals surface area contributed by atoms with Crippen LogP contribution in [0.25, 0.3) is 93.0 Å². The first kappa shape index (κ1) is 30.2. The number of aromatic nitrogens is 4. The molecule has 53 heavy (non-hydrogen) atoms. The molecule has 1 aliphatic carbocycles. The average Bonchev–Trinajstić information content (AvgIpc) is 3.84. The molecule has 5 heteroatoms. The first-order chi connectivity index (χ1) is 26.1. The summed E-state index contributed by atoms with van der Waals surface area (Å²) >= 11 is 1.92. The summed E-state index contributed by atoms with van der Waals surface area (Å²) in [5.74, 6) is 1.96. The Morgan fingerprint density at radius 3 is 1.74 bits per heavy atom. The highest BCUT2D eigenvalue weighted by molar-refractivity contribution is 7.26. The Morgan fingerprint density at radius 1 is 0.509 bits per heavy atom. The van der Waals surface area contributed by atoms with Crippen LogP contribution < -0.4 is 0 Å². The van der Waals surface area contributed by atoms with E-state index in [1.54, 1.807) is 0 Å². The maximum atomic E-state index is 5.01. The molecule has 7 aromatic carbocycles. The van der Waals surface area contributed by atoms with E-state index in [1.165, 1.54) is 64.2 Å². The van der Waals surface area contributed by atoms with Crippen LogP contribution in [0, 0.1) is 0 Å². The van der Waals surface area contributed by atoms with E-state index in [9.17, 15) is 0 Å². The standard InChI is InChI=1S/C48H32N4S/c1-48(2)36-22-12-9-19-33(36)40-42(48)39-34-20-10-13-23-37(34)52(43(39)41-35-21-11-14-24-38(35)53-44(40)41)32-27-25-31(26-28-32)47-50-45(29-15-5-3-6-16-29)49-46(51-47)30-17-7-4-8-18-30/h3-28H,1-2H3. The van der Waals surface area contributed by atoms with E-state index in [0.717, 1.165) is 22.4 Å². The van der Waals surface area contributed by atoms with Crippen LogP contribution in [0.2, 0.25) is 0 Å². The quantitative estimate of drug-likeness (QED) is 0.184. The zero-order chi connectivity index (χ0) is 35.3. The second kappa shape index (κ2) is 11.3. The fraction of sp³-hybridized carbons (Fsp3) is 0.0625. The Morgan fingerprint density at radius 2 is 1.06 bits per heavy atom. The molecule has 0 radical (unpaired) electrons. The summed E-state index contributed by atoms with van der Waals surface area (Å²) in [7, 11) is 0. The van der Waals surface area contributed by atoms with Crippen molar-refractivity contribution in [3.63, 3.8) is 0 Å². The largest absolute Gasteiger partial charge is 0.309 e. The van der Waals surface area contributed by atoms with Crippen molar-refractivity contribution in [2.45, 2.75) is 19.3 Å². The van der Waals surface area contributed by atoms with Gasteiger partial charge in [0.2, 0.25) is 0 Å². The minimum Gasteiger partial charge on any atom is -0.309 e. The first-order valence-corrected chi connectivity index (χ1v) is 18.9. The van der Waals surface area contributed by atoms with Gasteiger partial charge in [-0.3, -0.25) is 0 Å². The van der Waals surface area contributed by atoms with Crippen LogP contribution in [0.3, 0.4) is 0 Å². The van der Waals surface area contributed by atoms with Gasteiger partial charge in [-0.25, -0.2) is 15.0 Å². The maximum absolute atomic E-state index is 5.01. The van der Waals surface area contributed by atoms with Gasteiger partial charge >= 0.3 is 0 Å². The summed E-state index contributed by atoms with van der Waals surface area (Å²) in [6.07, 6.45) is 0. The monoisotopic (exact) mass is 696 g/mol. The maximum Gasteiger partial charge on any atom is 0.164 e. The Kier molecular flexibility index (Phi) is 6.43. The fourth-order valence-corrected chi connectivity index (χ4v) is 9.92. The molecule has 0 atom stereocenters. The molecule has 3 heterocycles. The molecule has 0 fully saturated rings. The molecule has 3 aromatic heterocycles. The minimum atomic E-state index is -0.168. The predicted molar refractivity (Wildman–Crippen MR) is 221 cm³/mol. The summed E-state index contributed by atoms with van der Waals surface area (Å²) in [5.41, 5.74) is 11.8. The molecule has 0 aliphatic heterocycles. The van der Waals surface area contributed by atoms with Gasteiger partial charge in [0.25, 0.3) is 0 Å². The molecule has 0 N–H and O–H groups in total. The number of hydrogen-bond donors (Lipinski definition) is 0. The molecular weight excluding hydrogens is 665 g/mol. The second-order valence-corrected chi connectivity index (χ2v) is 15.4. The van der Waals surface area contributed by atoms with Crippen LogP contribution in [0.5, 0.6) is 0 Å². The number of hydrogen-bond acceptors (Lipinski definition) is 4. The average molecular weight is 697 g/mol. The number of para-hydroxylation sites is 1. The van der Waals surface area contributed by atoms with Gasteiger partial charge in [0.15, 0.2) is 17.5 Å². The van der Waals surface area contributed by atoms with Crippen LogP contribution in [0.15, 0.2) is 158 Å². The molecule has 1 aliphatic rings. The third-order valence-electron chi connectivity index (χ3n) is 11.0. The molecule has 0 saturated carbocycles. The van der Waals surface area contributed by atoms with E-state index in [0.29, 0.717) is 17.5 Å². The van der Waals surface area contributed by atoms with E-state index in [-0.39, 0.29) is 5.41 Å². The van der Waals surface area contributed by atoms with Crippen molar-refractivity contribution in [3.05, 3.63) is 169 Å². The number of fused-ring (bicyclic) bond motifs is 12. The number of rotatable bonds is 4. The highest BCUT2D eigenvalue weighted by Crippen LogP contribution is 2.58. The van der Waals surface area contributed by atoms with Crippen LogP contribution in [-0.4, -0.2) is 19.5 Å². The third kappa shape index (κ3) is 4.38. The summed E-state index contributed by atoms with van der Waals surface area (Å²) in [4.78, 5) is 14.9. The molecule has 0 unspecified atom stereocenters. The Balaban J connectivity index is 1.18. The van der Waals surface area contributed by atoms with Gasteiger partial charge < -0.3 is 4.57 Å². The van der Waals surface area contributed by atoms with Crippen molar-refractivity contribution < 1.29 is 0 Å². The van der Waals surface area contributed by atoms with Crippen LogP contribution >= 0.6 is 11.3 Å². The molecule has 10 aromatic rings. The lowest BCUT2D eigenvalue weighted by Gasteiger charge is -2.23. The summed E-state index contributed by atoms with van der Waals surface area (Å²) in [6.45, 7) is 4.80. The summed E-state index contributed by atoms with van der Waals surface area (Å²) < 4.78 is 5.16. The zero-order valence-corrected chi connectivity index (χ0v) is 30.0. The Bertz CT molecular complexity index is 3010. The van der Waals surface area contributed by atoms with Gasteiger partial charge in [0.1, 0.15) is 0 Å². The van der Waals surface area contributed by atoms with E-state index in [4.69, 9.17) is 15.0 Å². The lowest BCUT2D eigenvalue weighted by atomic mass is 9.80. The van der Waals surface area contributed by atoms with Crippen LogP contribution in [0.4, 0.5) is 0 Å². The lowest BCUT2D eigenvalue weighted by Crippen LogP contribution is -2.15. The van der Waals surface area contributed by atoms with Crippen molar-refractivity contribution in [1.82, 2.24) is 19.5 Å². The SMILES string of the molecule is CC1(C)c2ccccc2-c2c1c1c3ccccc3n(-c3ccc(-c4nc(-c5ccccc5)nc(-c5ccccc5)n4)cc3)c1c1c2sc2ccccc21. The van der Waals surface area contributed by atoms with Gasteiger partial charge in [-0.2, -0.15) is 0 Å². The topological polar surface area (TPSA) is 43.6 Å². The van der Waals surface area contributed by atoms with Crippen molar-refractivity contribution in [2.24, 2.45) is 0 Å². The molecule has 250 valence electrons. The van der Waals surface area contributed by atoms with Crippen LogP contribution in [0.1, 0.15) is 25.0 Å². The van der Waals surface area contributed by atoms with Gasteiger partial charge in [0.05, 0.1) is 11.0 Å². The Hall–Kier alpha value is -6.43. The predicted octanol–water partition coefficient (Wildman–Crippen LogP) is 12.6. The highest BCUT2D eigenvalue weighted by atomic mass is 32.1. The third-order valence-corrected chi connectivity index (χ3v) is 12.2. The van der Waals surface area contributed by atoms with Crippen LogP contribution in [-0.2, 0) is 5.41 Å². The zero-order valence-electron chi connectivity index (χ0n) is 29.2. The molecular formula is C48H32N4S. The Labute approximate surface area is 310 Å². The lowest BCUT2D eigenvalue weighted by molar-refractivity contribution is 0.667. The van der Waals surface area contributed by atoms with E-state index in [1.807, 2.05) is 72.0 Å². The van der Waals surface area contributed by atoms with E-state index < -0.39 is 0 Å².